The average Bonchev–Trinajstić information content (AvgIpc) is 2.63. The van der Waals surface area contributed by atoms with Crippen molar-refractivity contribution < 1.29 is 5.21 Å². The zero-order chi connectivity index (χ0) is 11.3. The van der Waals surface area contributed by atoms with Crippen molar-refractivity contribution in [2.24, 2.45) is 17.9 Å². The van der Waals surface area contributed by atoms with Gasteiger partial charge in [-0.25, -0.2) is 0 Å². The molecule has 1 aromatic rings. The minimum Gasteiger partial charge on any atom is -0.409 e. The van der Waals surface area contributed by atoms with Crippen LogP contribution in [0, 0.1) is 0 Å². The quantitative estimate of drug-likeness (QED) is 0.270. The molecule has 1 atom stereocenters. The van der Waals surface area contributed by atoms with Crippen LogP contribution in [0.15, 0.2) is 17.4 Å². The first-order chi connectivity index (χ1) is 7.15. The van der Waals surface area contributed by atoms with Gasteiger partial charge < -0.3 is 16.3 Å². The number of oxime groups is 1. The molecule has 0 bridgehead atoms. The monoisotopic (exact) mass is 211 g/mol. The molecule has 0 aliphatic heterocycles. The molecule has 1 aromatic heterocycles. The molecule has 4 N–H and O–H groups in total. The standard InChI is InChI=1S/C9H17N5O/c1-7(9(10)13-15)11-5-3-8-4-6-12-14(8)2/h4,6-7,11,15H,3,5H2,1-2H3,(H2,10,13). The zero-order valence-electron chi connectivity index (χ0n) is 9.01. The van der Waals surface area contributed by atoms with Crippen LogP contribution >= 0.6 is 0 Å². The van der Waals surface area contributed by atoms with E-state index in [-0.39, 0.29) is 11.9 Å². The number of hydrogen-bond acceptors (Lipinski definition) is 4. The summed E-state index contributed by atoms with van der Waals surface area (Å²) >= 11 is 0. The summed E-state index contributed by atoms with van der Waals surface area (Å²) in [7, 11) is 1.91. The van der Waals surface area contributed by atoms with E-state index in [1.807, 2.05) is 24.7 Å². The van der Waals surface area contributed by atoms with Gasteiger partial charge in [0.1, 0.15) is 0 Å². The second-order valence-electron chi connectivity index (χ2n) is 3.40. The maximum Gasteiger partial charge on any atom is 0.156 e. The predicted octanol–water partition coefficient (Wildman–Crippen LogP) is -0.313. The van der Waals surface area contributed by atoms with Crippen molar-refractivity contribution in [1.29, 1.82) is 0 Å². The summed E-state index contributed by atoms with van der Waals surface area (Å²) in [6, 6.07) is 1.85. The van der Waals surface area contributed by atoms with E-state index in [4.69, 9.17) is 10.9 Å². The van der Waals surface area contributed by atoms with Gasteiger partial charge in [-0.05, 0) is 13.0 Å². The maximum absolute atomic E-state index is 8.44. The van der Waals surface area contributed by atoms with E-state index in [9.17, 15) is 0 Å². The van der Waals surface area contributed by atoms with Crippen LogP contribution in [0.2, 0.25) is 0 Å². The van der Waals surface area contributed by atoms with E-state index < -0.39 is 0 Å². The molecule has 1 unspecified atom stereocenters. The summed E-state index contributed by atoms with van der Waals surface area (Å²) in [4.78, 5) is 0. The molecular weight excluding hydrogens is 194 g/mol. The van der Waals surface area contributed by atoms with Crippen LogP contribution in [-0.4, -0.2) is 33.4 Å². The fourth-order valence-electron chi connectivity index (χ4n) is 1.25. The highest BCUT2D eigenvalue weighted by Crippen LogP contribution is 1.96. The van der Waals surface area contributed by atoms with Gasteiger partial charge in [-0.1, -0.05) is 5.16 Å². The van der Waals surface area contributed by atoms with Gasteiger partial charge in [0.15, 0.2) is 5.84 Å². The van der Waals surface area contributed by atoms with Crippen LogP contribution < -0.4 is 11.1 Å². The fraction of sp³-hybridized carbons (Fsp3) is 0.556. The molecule has 0 aliphatic carbocycles. The van der Waals surface area contributed by atoms with E-state index in [1.165, 1.54) is 0 Å². The number of nitrogens with zero attached hydrogens (tertiary/aromatic N) is 3. The van der Waals surface area contributed by atoms with Crippen LogP contribution in [-0.2, 0) is 13.5 Å². The summed E-state index contributed by atoms with van der Waals surface area (Å²) in [5.74, 6) is 0.194. The molecule has 0 saturated carbocycles. The van der Waals surface area contributed by atoms with Crippen molar-refractivity contribution in [3.8, 4) is 0 Å². The lowest BCUT2D eigenvalue weighted by Gasteiger charge is -2.11. The van der Waals surface area contributed by atoms with E-state index >= 15 is 0 Å². The lowest BCUT2D eigenvalue weighted by atomic mass is 10.2. The number of hydrogen-bond donors (Lipinski definition) is 3. The highest BCUT2D eigenvalue weighted by atomic mass is 16.4. The predicted molar refractivity (Wildman–Crippen MR) is 57.8 cm³/mol. The topological polar surface area (TPSA) is 88.5 Å². The van der Waals surface area contributed by atoms with Crippen LogP contribution in [0.4, 0.5) is 0 Å². The van der Waals surface area contributed by atoms with Crippen molar-refractivity contribution in [2.45, 2.75) is 19.4 Å². The van der Waals surface area contributed by atoms with Gasteiger partial charge in [-0.3, -0.25) is 4.68 Å². The molecule has 0 aromatic carbocycles. The van der Waals surface area contributed by atoms with Gasteiger partial charge in [-0.15, -0.1) is 0 Å². The Morgan fingerprint density at radius 1 is 1.80 bits per heavy atom. The van der Waals surface area contributed by atoms with Crippen LogP contribution in [0.5, 0.6) is 0 Å². The maximum atomic E-state index is 8.44. The lowest BCUT2D eigenvalue weighted by molar-refractivity contribution is 0.315. The number of aromatic nitrogens is 2. The summed E-state index contributed by atoms with van der Waals surface area (Å²) in [6.45, 7) is 2.61. The molecule has 84 valence electrons. The highest BCUT2D eigenvalue weighted by molar-refractivity contribution is 5.84. The largest absolute Gasteiger partial charge is 0.409 e. The van der Waals surface area contributed by atoms with Gasteiger partial charge in [0.25, 0.3) is 0 Å². The Hall–Kier alpha value is -1.56. The molecule has 1 rings (SSSR count). The van der Waals surface area contributed by atoms with Crippen molar-refractivity contribution >= 4 is 5.84 Å². The van der Waals surface area contributed by atoms with Crippen LogP contribution in [0.3, 0.4) is 0 Å². The molecule has 0 amide bonds. The molecular formula is C9H17N5O. The number of rotatable bonds is 5. The van der Waals surface area contributed by atoms with Crippen molar-refractivity contribution in [2.75, 3.05) is 6.54 Å². The first-order valence-corrected chi connectivity index (χ1v) is 4.83. The average molecular weight is 211 g/mol. The summed E-state index contributed by atoms with van der Waals surface area (Å²) in [5.41, 5.74) is 6.57. The minimum absolute atomic E-state index is 0.122. The Morgan fingerprint density at radius 3 is 3.07 bits per heavy atom. The van der Waals surface area contributed by atoms with Gasteiger partial charge in [0, 0.05) is 31.9 Å². The number of amidine groups is 1. The summed E-state index contributed by atoms with van der Waals surface area (Å²) in [5, 5.41) is 18.6. The smallest absolute Gasteiger partial charge is 0.156 e. The number of nitrogens with two attached hydrogens (primary N) is 1. The molecule has 0 radical (unpaired) electrons. The van der Waals surface area contributed by atoms with E-state index in [2.05, 4.69) is 15.6 Å². The van der Waals surface area contributed by atoms with Gasteiger partial charge in [-0.2, -0.15) is 5.10 Å². The zero-order valence-corrected chi connectivity index (χ0v) is 9.01. The molecule has 6 heteroatoms. The van der Waals surface area contributed by atoms with Crippen LogP contribution in [0.1, 0.15) is 12.6 Å². The van der Waals surface area contributed by atoms with Crippen molar-refractivity contribution in [3.63, 3.8) is 0 Å². The third kappa shape index (κ3) is 3.25. The number of nitrogens with one attached hydrogen (secondary N) is 1. The second-order valence-corrected chi connectivity index (χ2v) is 3.40. The fourth-order valence-corrected chi connectivity index (χ4v) is 1.25. The first-order valence-electron chi connectivity index (χ1n) is 4.83. The molecule has 0 aliphatic rings. The first kappa shape index (κ1) is 11.5. The Kier molecular flexibility index (Phi) is 4.11. The Bertz CT molecular complexity index is 333. The highest BCUT2D eigenvalue weighted by Gasteiger charge is 2.06. The van der Waals surface area contributed by atoms with Gasteiger partial charge >= 0.3 is 0 Å². The molecule has 1 heterocycles. The molecule has 6 nitrogen and oxygen atoms in total. The second kappa shape index (κ2) is 5.35. The summed E-state index contributed by atoms with van der Waals surface area (Å²) in [6.07, 6.45) is 2.63. The Balaban J connectivity index is 2.31. The number of aryl methyl sites for hydroxylation is 1. The SMILES string of the molecule is CC(NCCc1ccnn1C)C(N)=NO. The van der Waals surface area contributed by atoms with Gasteiger partial charge in [0.05, 0.1) is 6.04 Å². The van der Waals surface area contributed by atoms with Crippen molar-refractivity contribution in [3.05, 3.63) is 18.0 Å². The molecule has 15 heavy (non-hydrogen) atoms. The lowest BCUT2D eigenvalue weighted by Crippen LogP contribution is -2.40. The Labute approximate surface area is 88.8 Å². The Morgan fingerprint density at radius 2 is 2.53 bits per heavy atom. The third-order valence-corrected chi connectivity index (χ3v) is 2.31. The third-order valence-electron chi connectivity index (χ3n) is 2.31. The van der Waals surface area contributed by atoms with Crippen molar-refractivity contribution in [1.82, 2.24) is 15.1 Å². The molecule has 0 spiro atoms. The molecule has 0 fully saturated rings. The van der Waals surface area contributed by atoms with E-state index in [0.717, 1.165) is 18.7 Å². The van der Waals surface area contributed by atoms with Crippen LogP contribution in [0.25, 0.3) is 0 Å². The molecule has 0 saturated heterocycles. The van der Waals surface area contributed by atoms with Gasteiger partial charge in [0.2, 0.25) is 0 Å². The summed E-state index contributed by atoms with van der Waals surface area (Å²) < 4.78 is 1.83. The normalized spacial score (nSPS) is 14.1. The van der Waals surface area contributed by atoms with E-state index in [1.54, 1.807) is 6.20 Å². The van der Waals surface area contributed by atoms with E-state index in [0.29, 0.717) is 0 Å². The minimum atomic E-state index is -0.122.